The Balaban J connectivity index is 2.31. The fourth-order valence-electron chi connectivity index (χ4n) is 2.71. The number of nitro groups is 1. The van der Waals surface area contributed by atoms with Gasteiger partial charge in [0, 0.05) is 23.9 Å². The molecule has 2 rings (SSSR count). The molecule has 0 aliphatic carbocycles. The van der Waals surface area contributed by atoms with Crippen LogP contribution in [0.2, 0.25) is 0 Å². The van der Waals surface area contributed by atoms with E-state index in [4.69, 9.17) is 14.2 Å². The van der Waals surface area contributed by atoms with E-state index >= 15 is 0 Å². The van der Waals surface area contributed by atoms with E-state index in [1.165, 1.54) is 13.2 Å². The lowest BCUT2D eigenvalue weighted by Gasteiger charge is -2.20. The highest BCUT2D eigenvalue weighted by Gasteiger charge is 2.17. The van der Waals surface area contributed by atoms with Crippen molar-refractivity contribution in [1.29, 1.82) is 0 Å². The number of hydrogen-bond acceptors (Lipinski definition) is 6. The van der Waals surface area contributed by atoms with Crippen molar-refractivity contribution in [2.45, 2.75) is 19.9 Å². The summed E-state index contributed by atoms with van der Waals surface area (Å²) in [5, 5.41) is 14.3. The summed E-state index contributed by atoms with van der Waals surface area (Å²) >= 11 is 0. The predicted molar refractivity (Wildman–Crippen MR) is 96.0 cm³/mol. The first-order valence-electron chi connectivity index (χ1n) is 7.72. The molecule has 0 aliphatic heterocycles. The summed E-state index contributed by atoms with van der Waals surface area (Å²) in [4.78, 5) is 10.5. The normalized spacial score (nSPS) is 11.6. The van der Waals surface area contributed by atoms with Crippen LogP contribution in [0.5, 0.6) is 17.2 Å². The van der Waals surface area contributed by atoms with E-state index in [1.54, 1.807) is 26.4 Å². The highest BCUT2D eigenvalue weighted by molar-refractivity contribution is 5.59. The van der Waals surface area contributed by atoms with Gasteiger partial charge in [-0.2, -0.15) is 0 Å². The summed E-state index contributed by atoms with van der Waals surface area (Å²) in [7, 11) is 4.60. The maximum absolute atomic E-state index is 11.0. The second kappa shape index (κ2) is 7.74. The molecular weight excluding hydrogens is 324 g/mol. The zero-order valence-electron chi connectivity index (χ0n) is 15.0. The van der Waals surface area contributed by atoms with Gasteiger partial charge in [-0.25, -0.2) is 0 Å². The average Bonchev–Trinajstić information content (AvgIpc) is 2.60. The fraction of sp³-hybridized carbons (Fsp3) is 0.333. The van der Waals surface area contributed by atoms with Crippen molar-refractivity contribution in [1.82, 2.24) is 0 Å². The quantitative estimate of drug-likeness (QED) is 0.600. The minimum Gasteiger partial charge on any atom is -0.493 e. The molecule has 25 heavy (non-hydrogen) atoms. The molecule has 0 saturated heterocycles. The third kappa shape index (κ3) is 3.93. The van der Waals surface area contributed by atoms with E-state index in [0.29, 0.717) is 11.5 Å². The maximum atomic E-state index is 11.0. The maximum Gasteiger partial charge on any atom is 0.311 e. The number of nitrogens with one attached hydrogen (secondary N) is 1. The number of benzene rings is 2. The summed E-state index contributed by atoms with van der Waals surface area (Å²) < 4.78 is 15.8. The van der Waals surface area contributed by atoms with E-state index in [1.807, 2.05) is 26.0 Å². The van der Waals surface area contributed by atoms with Crippen LogP contribution in [0.25, 0.3) is 0 Å². The molecule has 134 valence electrons. The molecule has 7 nitrogen and oxygen atoms in total. The van der Waals surface area contributed by atoms with E-state index in [2.05, 4.69) is 5.32 Å². The predicted octanol–water partition coefficient (Wildman–Crippen LogP) is 4.10. The number of rotatable bonds is 7. The van der Waals surface area contributed by atoms with Gasteiger partial charge in [0.05, 0.1) is 26.3 Å². The van der Waals surface area contributed by atoms with Gasteiger partial charge in [-0.15, -0.1) is 0 Å². The lowest BCUT2D eigenvalue weighted by molar-refractivity contribution is -0.385. The number of nitrogens with zero attached hydrogens (tertiary/aromatic N) is 1. The molecule has 0 fully saturated rings. The molecule has 1 unspecified atom stereocenters. The summed E-state index contributed by atoms with van der Waals surface area (Å²) in [5.41, 5.74) is 2.74. The molecule has 0 aliphatic rings. The molecule has 0 bridgehead atoms. The van der Waals surface area contributed by atoms with Gasteiger partial charge in [0.25, 0.3) is 0 Å². The van der Waals surface area contributed by atoms with E-state index in [0.717, 1.165) is 16.8 Å². The summed E-state index contributed by atoms with van der Waals surface area (Å²) in [6.07, 6.45) is 0. The molecule has 2 aromatic rings. The number of ether oxygens (including phenoxy) is 3. The standard InChI is InChI=1S/C18H22N2O5/c1-11-8-17(24-4)18(25-5)10-14(11)12(2)19-13-6-7-15(20(21)22)16(9-13)23-3/h6-10,12,19H,1-5H3. The highest BCUT2D eigenvalue weighted by atomic mass is 16.6. The van der Waals surface area contributed by atoms with Crippen molar-refractivity contribution >= 4 is 11.4 Å². The van der Waals surface area contributed by atoms with Crippen LogP contribution in [0, 0.1) is 17.0 Å². The second-order valence-electron chi connectivity index (χ2n) is 5.57. The average molecular weight is 346 g/mol. The zero-order valence-corrected chi connectivity index (χ0v) is 15.0. The minimum absolute atomic E-state index is 0.0500. The third-order valence-corrected chi connectivity index (χ3v) is 4.00. The Morgan fingerprint density at radius 2 is 1.60 bits per heavy atom. The Kier molecular flexibility index (Phi) is 5.69. The van der Waals surface area contributed by atoms with Gasteiger partial charge in [0.1, 0.15) is 0 Å². The van der Waals surface area contributed by atoms with Crippen molar-refractivity contribution in [2.24, 2.45) is 0 Å². The molecule has 0 radical (unpaired) electrons. The van der Waals surface area contributed by atoms with Gasteiger partial charge in [0.15, 0.2) is 17.2 Å². The van der Waals surface area contributed by atoms with Crippen LogP contribution in [0.15, 0.2) is 30.3 Å². The minimum atomic E-state index is -0.468. The number of methoxy groups -OCH3 is 3. The van der Waals surface area contributed by atoms with Crippen LogP contribution in [0.1, 0.15) is 24.1 Å². The van der Waals surface area contributed by atoms with Crippen LogP contribution < -0.4 is 19.5 Å². The largest absolute Gasteiger partial charge is 0.493 e. The molecule has 0 aromatic heterocycles. The van der Waals surface area contributed by atoms with E-state index in [9.17, 15) is 10.1 Å². The van der Waals surface area contributed by atoms with Crippen molar-refractivity contribution in [2.75, 3.05) is 26.6 Å². The molecule has 7 heteroatoms. The van der Waals surface area contributed by atoms with Crippen LogP contribution in [-0.4, -0.2) is 26.3 Å². The number of anilines is 1. The van der Waals surface area contributed by atoms with Gasteiger partial charge >= 0.3 is 5.69 Å². The van der Waals surface area contributed by atoms with Gasteiger partial charge < -0.3 is 19.5 Å². The molecule has 2 aromatic carbocycles. The zero-order chi connectivity index (χ0) is 18.6. The lowest BCUT2D eigenvalue weighted by atomic mass is 10.0. The lowest BCUT2D eigenvalue weighted by Crippen LogP contribution is -2.09. The molecule has 1 N–H and O–H groups in total. The Labute approximate surface area is 146 Å². The van der Waals surface area contributed by atoms with Crippen molar-refractivity contribution in [3.63, 3.8) is 0 Å². The van der Waals surface area contributed by atoms with Crippen molar-refractivity contribution in [3.8, 4) is 17.2 Å². The smallest absolute Gasteiger partial charge is 0.311 e. The second-order valence-corrected chi connectivity index (χ2v) is 5.57. The molecule has 0 saturated carbocycles. The third-order valence-electron chi connectivity index (χ3n) is 4.00. The van der Waals surface area contributed by atoms with Gasteiger partial charge in [-0.05, 0) is 43.2 Å². The Bertz CT molecular complexity index is 776. The summed E-state index contributed by atoms with van der Waals surface area (Å²) in [5.74, 6) is 1.54. The first kappa shape index (κ1) is 18.4. The SMILES string of the molecule is COc1cc(C)c(C(C)Nc2ccc([N+](=O)[O-])c(OC)c2)cc1OC. The fourth-order valence-corrected chi connectivity index (χ4v) is 2.71. The number of aryl methyl sites for hydroxylation is 1. The monoisotopic (exact) mass is 346 g/mol. The van der Waals surface area contributed by atoms with Crippen molar-refractivity contribution < 1.29 is 19.1 Å². The van der Waals surface area contributed by atoms with E-state index < -0.39 is 4.92 Å². The first-order valence-corrected chi connectivity index (χ1v) is 7.72. The molecule has 0 spiro atoms. The van der Waals surface area contributed by atoms with Crippen LogP contribution in [-0.2, 0) is 0 Å². The molecule has 1 atom stereocenters. The van der Waals surface area contributed by atoms with Crippen LogP contribution >= 0.6 is 0 Å². The van der Waals surface area contributed by atoms with Crippen LogP contribution in [0.3, 0.4) is 0 Å². The van der Waals surface area contributed by atoms with Crippen molar-refractivity contribution in [3.05, 3.63) is 51.6 Å². The number of nitro benzene ring substituents is 1. The van der Waals surface area contributed by atoms with E-state index in [-0.39, 0.29) is 17.5 Å². The Morgan fingerprint density at radius 3 is 2.16 bits per heavy atom. The molecular formula is C18H22N2O5. The Morgan fingerprint density at radius 1 is 1.00 bits per heavy atom. The van der Waals surface area contributed by atoms with Gasteiger partial charge in [-0.3, -0.25) is 10.1 Å². The number of hydrogen-bond donors (Lipinski definition) is 1. The molecule has 0 heterocycles. The Hall–Kier alpha value is -2.96. The van der Waals surface area contributed by atoms with Gasteiger partial charge in [-0.1, -0.05) is 0 Å². The van der Waals surface area contributed by atoms with Gasteiger partial charge in [0.2, 0.25) is 0 Å². The summed E-state index contributed by atoms with van der Waals surface area (Å²) in [6, 6.07) is 8.50. The molecule has 0 amide bonds. The highest BCUT2D eigenvalue weighted by Crippen LogP contribution is 2.35. The van der Waals surface area contributed by atoms with Crippen LogP contribution in [0.4, 0.5) is 11.4 Å². The first-order chi connectivity index (χ1) is 11.9. The summed E-state index contributed by atoms with van der Waals surface area (Å²) in [6.45, 7) is 3.99. The topological polar surface area (TPSA) is 82.9 Å².